The number of carbonyl (C=O) groups is 1. The van der Waals surface area contributed by atoms with Crippen LogP contribution in [0.2, 0.25) is 0 Å². The number of carbonyl (C=O) groups excluding carboxylic acids is 1. The molecule has 18 heavy (non-hydrogen) atoms. The molecule has 2 atom stereocenters. The van der Waals surface area contributed by atoms with Crippen molar-refractivity contribution >= 4 is 28.6 Å². The third kappa shape index (κ3) is 2.85. The molecule has 0 aliphatic heterocycles. The minimum Gasteiger partial charge on any atom is -0.456 e. The van der Waals surface area contributed by atoms with Crippen molar-refractivity contribution in [1.82, 2.24) is 0 Å². The summed E-state index contributed by atoms with van der Waals surface area (Å²) in [6.07, 6.45) is 2.88. The van der Waals surface area contributed by atoms with Gasteiger partial charge in [0.05, 0.1) is 11.7 Å². The van der Waals surface area contributed by atoms with E-state index in [-0.39, 0.29) is 18.2 Å². The summed E-state index contributed by atoms with van der Waals surface area (Å²) < 4.78 is 11.9. The topological polar surface area (TPSA) is 35.5 Å². The van der Waals surface area contributed by atoms with Gasteiger partial charge in [0.15, 0.2) is 0 Å². The summed E-state index contributed by atoms with van der Waals surface area (Å²) in [6.45, 7) is 1.99. The van der Waals surface area contributed by atoms with Crippen molar-refractivity contribution in [2.75, 3.05) is 7.11 Å². The molecule has 1 fully saturated rings. The Labute approximate surface area is 121 Å². The number of aryl methyl sites for hydroxylation is 1. The predicted molar refractivity (Wildman–Crippen MR) is 77.7 cm³/mol. The van der Waals surface area contributed by atoms with Gasteiger partial charge in [0.25, 0.3) is 0 Å². The molecule has 0 amide bonds. The van der Waals surface area contributed by atoms with E-state index in [1.54, 1.807) is 7.11 Å². The molecule has 1 saturated carbocycles. The lowest BCUT2D eigenvalue weighted by molar-refractivity contribution is -0.0207. The lowest BCUT2D eigenvalue weighted by Crippen LogP contribution is -2.28. The second-order valence-electron chi connectivity index (χ2n) is 4.59. The average Bonchev–Trinajstić information content (AvgIpc) is 2.79. The first-order valence-electron chi connectivity index (χ1n) is 6.12. The van der Waals surface area contributed by atoms with E-state index in [2.05, 4.69) is 22.6 Å². The molecule has 0 unspecified atom stereocenters. The van der Waals surface area contributed by atoms with Crippen molar-refractivity contribution in [2.45, 2.75) is 38.4 Å². The summed E-state index contributed by atoms with van der Waals surface area (Å²) in [4.78, 5) is 12.2. The van der Waals surface area contributed by atoms with Crippen LogP contribution < -0.4 is 0 Å². The number of hydrogen-bond donors (Lipinski definition) is 0. The Balaban J connectivity index is 2.10. The van der Waals surface area contributed by atoms with Crippen molar-refractivity contribution in [2.24, 2.45) is 0 Å². The van der Waals surface area contributed by atoms with E-state index < -0.39 is 0 Å². The van der Waals surface area contributed by atoms with E-state index in [0.717, 1.165) is 28.4 Å². The fourth-order valence-electron chi connectivity index (χ4n) is 2.30. The van der Waals surface area contributed by atoms with Gasteiger partial charge in [-0.2, -0.15) is 0 Å². The maximum absolute atomic E-state index is 12.2. The van der Waals surface area contributed by atoms with Crippen LogP contribution in [0.3, 0.4) is 0 Å². The molecule has 3 nitrogen and oxygen atoms in total. The second kappa shape index (κ2) is 6.02. The number of halogens is 1. The summed E-state index contributed by atoms with van der Waals surface area (Å²) in [5.41, 5.74) is 1.75. The van der Waals surface area contributed by atoms with Crippen LogP contribution in [0.25, 0.3) is 0 Å². The van der Waals surface area contributed by atoms with Crippen LogP contribution in [0.4, 0.5) is 0 Å². The van der Waals surface area contributed by atoms with Gasteiger partial charge < -0.3 is 9.47 Å². The molecule has 98 valence electrons. The first-order chi connectivity index (χ1) is 8.63. The Morgan fingerprint density at radius 1 is 1.33 bits per heavy atom. The van der Waals surface area contributed by atoms with E-state index in [0.29, 0.717) is 5.56 Å². The molecule has 1 aliphatic rings. The van der Waals surface area contributed by atoms with E-state index in [9.17, 15) is 4.79 Å². The quantitative estimate of drug-likeness (QED) is 0.613. The maximum Gasteiger partial charge on any atom is 0.339 e. The number of rotatable bonds is 3. The minimum atomic E-state index is -0.239. The highest BCUT2D eigenvalue weighted by Crippen LogP contribution is 2.26. The Kier molecular flexibility index (Phi) is 4.61. The molecule has 1 aliphatic carbocycles. The Morgan fingerprint density at radius 2 is 2.06 bits per heavy atom. The highest BCUT2D eigenvalue weighted by Gasteiger charge is 2.31. The number of esters is 1. The number of benzene rings is 1. The van der Waals surface area contributed by atoms with Gasteiger partial charge >= 0.3 is 5.97 Å². The molecule has 0 N–H and O–H groups in total. The summed E-state index contributed by atoms with van der Waals surface area (Å²) in [5, 5.41) is 0. The van der Waals surface area contributed by atoms with Crippen LogP contribution in [-0.4, -0.2) is 25.3 Å². The van der Waals surface area contributed by atoms with Gasteiger partial charge in [0.1, 0.15) is 6.10 Å². The molecule has 0 spiro atoms. The van der Waals surface area contributed by atoms with Crippen molar-refractivity contribution in [3.63, 3.8) is 0 Å². The van der Waals surface area contributed by atoms with E-state index in [1.807, 2.05) is 25.1 Å². The van der Waals surface area contributed by atoms with Crippen LogP contribution in [0.5, 0.6) is 0 Å². The Bertz CT molecular complexity index is 445. The molecule has 1 aromatic rings. The lowest BCUT2D eigenvalue weighted by Gasteiger charge is -2.19. The van der Waals surface area contributed by atoms with Crippen LogP contribution in [0.15, 0.2) is 18.2 Å². The van der Waals surface area contributed by atoms with E-state index >= 15 is 0 Å². The molecule has 0 saturated heterocycles. The first kappa shape index (κ1) is 13.8. The maximum atomic E-state index is 12.2. The summed E-state index contributed by atoms with van der Waals surface area (Å²) in [7, 11) is 1.67. The van der Waals surface area contributed by atoms with Crippen molar-refractivity contribution in [3.05, 3.63) is 32.9 Å². The fourth-order valence-corrected chi connectivity index (χ4v) is 2.88. The zero-order valence-electron chi connectivity index (χ0n) is 10.6. The van der Waals surface area contributed by atoms with Crippen molar-refractivity contribution < 1.29 is 14.3 Å². The second-order valence-corrected chi connectivity index (χ2v) is 5.66. The van der Waals surface area contributed by atoms with Gasteiger partial charge in [0.2, 0.25) is 0 Å². The summed E-state index contributed by atoms with van der Waals surface area (Å²) in [6, 6.07) is 5.69. The largest absolute Gasteiger partial charge is 0.456 e. The number of ether oxygens (including phenoxy) is 2. The highest BCUT2D eigenvalue weighted by molar-refractivity contribution is 14.1. The Hall–Kier alpha value is -0.620. The summed E-state index contributed by atoms with van der Waals surface area (Å²) >= 11 is 2.19. The average molecular weight is 360 g/mol. The summed E-state index contributed by atoms with van der Waals surface area (Å²) in [5.74, 6) is -0.239. The highest BCUT2D eigenvalue weighted by atomic mass is 127. The third-order valence-corrected chi connectivity index (χ3v) is 4.80. The molecule has 0 heterocycles. The van der Waals surface area contributed by atoms with Gasteiger partial charge in [-0.3, -0.25) is 0 Å². The fraction of sp³-hybridized carbons (Fsp3) is 0.500. The molecule has 4 heteroatoms. The van der Waals surface area contributed by atoms with Crippen molar-refractivity contribution in [1.29, 1.82) is 0 Å². The van der Waals surface area contributed by atoms with Gasteiger partial charge in [0, 0.05) is 10.7 Å². The van der Waals surface area contributed by atoms with Gasteiger partial charge in [-0.25, -0.2) is 4.79 Å². The SMILES string of the molecule is CO[C@H]1CCC[C@H]1OC(=O)c1cccc(C)c1I. The van der Waals surface area contributed by atoms with Crippen LogP contribution in [0, 0.1) is 10.5 Å². The monoisotopic (exact) mass is 360 g/mol. The van der Waals surface area contributed by atoms with E-state index in [1.165, 1.54) is 0 Å². The van der Waals surface area contributed by atoms with Crippen molar-refractivity contribution in [3.8, 4) is 0 Å². The molecule has 2 rings (SSSR count). The van der Waals surface area contributed by atoms with Gasteiger partial charge in [-0.05, 0) is 60.4 Å². The minimum absolute atomic E-state index is 0.0522. The normalized spacial score (nSPS) is 23.1. The smallest absolute Gasteiger partial charge is 0.339 e. The van der Waals surface area contributed by atoms with Crippen LogP contribution in [-0.2, 0) is 9.47 Å². The van der Waals surface area contributed by atoms with Gasteiger partial charge in [-0.1, -0.05) is 12.1 Å². The van der Waals surface area contributed by atoms with E-state index in [4.69, 9.17) is 9.47 Å². The van der Waals surface area contributed by atoms with Gasteiger partial charge in [-0.15, -0.1) is 0 Å². The first-order valence-corrected chi connectivity index (χ1v) is 7.20. The molecule has 0 radical (unpaired) electrons. The molecular formula is C14H17IO3. The number of methoxy groups -OCH3 is 1. The predicted octanol–water partition coefficient (Wildman–Crippen LogP) is 3.32. The standard InChI is InChI=1S/C14H17IO3/c1-9-5-3-6-10(13(9)15)14(16)18-12-8-4-7-11(12)17-2/h3,5-6,11-12H,4,7-8H2,1-2H3/t11-,12+/m0/s1. The van der Waals surface area contributed by atoms with Crippen LogP contribution >= 0.6 is 22.6 Å². The molecule has 0 bridgehead atoms. The lowest BCUT2D eigenvalue weighted by atomic mass is 10.1. The zero-order chi connectivity index (χ0) is 13.1. The molecule has 0 aromatic heterocycles. The number of hydrogen-bond acceptors (Lipinski definition) is 3. The zero-order valence-corrected chi connectivity index (χ0v) is 12.8. The molecule has 1 aromatic carbocycles. The molecular weight excluding hydrogens is 343 g/mol. The third-order valence-electron chi connectivity index (χ3n) is 3.36. The van der Waals surface area contributed by atoms with Crippen LogP contribution in [0.1, 0.15) is 35.2 Å². The Morgan fingerprint density at radius 3 is 2.78 bits per heavy atom.